The van der Waals surface area contributed by atoms with Gasteiger partial charge in [0.15, 0.2) is 0 Å². The van der Waals surface area contributed by atoms with Gasteiger partial charge in [0.2, 0.25) is 11.8 Å². The van der Waals surface area contributed by atoms with E-state index in [1.807, 2.05) is 0 Å². The van der Waals surface area contributed by atoms with E-state index in [1.54, 1.807) is 0 Å². The Morgan fingerprint density at radius 3 is 2.76 bits per heavy atom. The van der Waals surface area contributed by atoms with Gasteiger partial charge < -0.3 is 11.1 Å². The van der Waals surface area contributed by atoms with Crippen LogP contribution in [0.4, 0.5) is 8.78 Å². The van der Waals surface area contributed by atoms with Crippen LogP contribution in [-0.4, -0.2) is 24.4 Å². The summed E-state index contributed by atoms with van der Waals surface area (Å²) in [5, 5.41) is 2.78. The van der Waals surface area contributed by atoms with Gasteiger partial charge >= 0.3 is 0 Å². The number of hydrogen-bond acceptors (Lipinski definition) is 2. The minimum atomic E-state index is -2.66. The van der Waals surface area contributed by atoms with E-state index in [4.69, 9.17) is 5.73 Å². The van der Waals surface area contributed by atoms with Gasteiger partial charge in [0.25, 0.3) is 0 Å². The third-order valence-corrected chi connectivity index (χ3v) is 3.31. The zero-order chi connectivity index (χ0) is 12.9. The van der Waals surface area contributed by atoms with Crippen molar-refractivity contribution < 1.29 is 13.6 Å². The third kappa shape index (κ3) is 4.58. The van der Waals surface area contributed by atoms with Crippen molar-refractivity contribution in [2.45, 2.75) is 57.4 Å². The first-order valence-corrected chi connectivity index (χ1v) is 6.36. The van der Waals surface area contributed by atoms with Crippen LogP contribution < -0.4 is 11.1 Å². The molecule has 0 radical (unpaired) electrons. The van der Waals surface area contributed by atoms with E-state index in [0.717, 1.165) is 19.3 Å². The number of nitrogens with two attached hydrogens (primary N) is 1. The van der Waals surface area contributed by atoms with Crippen LogP contribution in [0.2, 0.25) is 0 Å². The number of alkyl halides is 2. The van der Waals surface area contributed by atoms with Crippen LogP contribution in [-0.2, 0) is 4.79 Å². The molecule has 3 nitrogen and oxygen atoms in total. The predicted molar refractivity (Wildman–Crippen MR) is 62.8 cm³/mol. The highest BCUT2D eigenvalue weighted by atomic mass is 19.3. The molecule has 3 N–H and O–H groups in total. The molecule has 0 spiro atoms. The maximum Gasteiger partial charge on any atom is 0.248 e. The van der Waals surface area contributed by atoms with Crippen molar-refractivity contribution >= 4 is 5.91 Å². The van der Waals surface area contributed by atoms with Crippen LogP contribution in [0.3, 0.4) is 0 Å². The van der Waals surface area contributed by atoms with E-state index in [0.29, 0.717) is 6.54 Å². The lowest BCUT2D eigenvalue weighted by molar-refractivity contribution is -0.126. The zero-order valence-corrected chi connectivity index (χ0v) is 10.3. The van der Waals surface area contributed by atoms with Crippen LogP contribution in [0.25, 0.3) is 0 Å². The average Bonchev–Trinajstić information content (AvgIpc) is 2.64. The van der Waals surface area contributed by atoms with Gasteiger partial charge in [-0.1, -0.05) is 19.8 Å². The minimum Gasteiger partial charge on any atom is -0.352 e. The average molecular weight is 248 g/mol. The molecule has 0 bridgehead atoms. The molecule has 0 saturated heterocycles. The van der Waals surface area contributed by atoms with Crippen molar-refractivity contribution in [3.05, 3.63) is 0 Å². The Balaban J connectivity index is 2.37. The lowest BCUT2D eigenvalue weighted by Crippen LogP contribution is -2.42. The Hall–Kier alpha value is -0.710. The Labute approximate surface area is 101 Å². The molecule has 5 heteroatoms. The van der Waals surface area contributed by atoms with Crippen molar-refractivity contribution in [3.63, 3.8) is 0 Å². The molecule has 1 saturated carbocycles. The number of amides is 1. The summed E-state index contributed by atoms with van der Waals surface area (Å²) in [6.45, 7) is 2.43. The smallest absolute Gasteiger partial charge is 0.248 e. The molecule has 1 amide bonds. The van der Waals surface area contributed by atoms with Gasteiger partial charge in [0.1, 0.15) is 0 Å². The monoisotopic (exact) mass is 248 g/mol. The van der Waals surface area contributed by atoms with Crippen LogP contribution in [0.1, 0.15) is 45.4 Å². The van der Waals surface area contributed by atoms with Crippen LogP contribution in [0.5, 0.6) is 0 Å². The molecule has 17 heavy (non-hydrogen) atoms. The first-order chi connectivity index (χ1) is 7.98. The normalized spacial score (nSPS) is 24.6. The summed E-state index contributed by atoms with van der Waals surface area (Å²) in [6.07, 6.45) is 2.64. The van der Waals surface area contributed by atoms with Gasteiger partial charge in [-0.3, -0.25) is 4.79 Å². The first-order valence-electron chi connectivity index (χ1n) is 6.36. The zero-order valence-electron chi connectivity index (χ0n) is 10.3. The largest absolute Gasteiger partial charge is 0.352 e. The molecule has 2 unspecified atom stereocenters. The summed E-state index contributed by atoms with van der Waals surface area (Å²) in [7, 11) is 0. The van der Waals surface area contributed by atoms with E-state index in [1.165, 1.54) is 0 Å². The molecule has 1 aliphatic rings. The molecule has 2 atom stereocenters. The molecule has 1 rings (SSSR count). The van der Waals surface area contributed by atoms with Gasteiger partial charge in [-0.25, -0.2) is 8.78 Å². The van der Waals surface area contributed by atoms with E-state index in [9.17, 15) is 13.6 Å². The van der Waals surface area contributed by atoms with Crippen LogP contribution in [0.15, 0.2) is 0 Å². The number of unbranched alkanes of at least 4 members (excludes halogenated alkanes) is 1. The van der Waals surface area contributed by atoms with Gasteiger partial charge in [-0.05, 0) is 12.8 Å². The number of hydrogen-bond donors (Lipinski definition) is 2. The Bertz CT molecular complexity index is 259. The summed E-state index contributed by atoms with van der Waals surface area (Å²) < 4.78 is 25.9. The quantitative estimate of drug-likeness (QED) is 0.756. The lowest BCUT2D eigenvalue weighted by Gasteiger charge is -2.19. The van der Waals surface area contributed by atoms with Crippen molar-refractivity contribution in [2.24, 2.45) is 11.7 Å². The Morgan fingerprint density at radius 2 is 2.29 bits per heavy atom. The van der Waals surface area contributed by atoms with Gasteiger partial charge in [0.05, 0.1) is 0 Å². The number of halogens is 2. The summed E-state index contributed by atoms with van der Waals surface area (Å²) in [6, 6.07) is -0.0725. The van der Waals surface area contributed by atoms with E-state index in [2.05, 4.69) is 12.2 Å². The second-order valence-corrected chi connectivity index (χ2v) is 4.88. The van der Waals surface area contributed by atoms with E-state index >= 15 is 0 Å². The third-order valence-electron chi connectivity index (χ3n) is 3.31. The number of carbonyl (C=O) groups excluding carboxylic acids is 1. The lowest BCUT2D eigenvalue weighted by atomic mass is 10.0. The SMILES string of the molecule is CCCCC(CN)NC(=O)C1CCC(F)(F)C1. The highest BCUT2D eigenvalue weighted by Crippen LogP contribution is 2.38. The topological polar surface area (TPSA) is 55.1 Å². The first kappa shape index (κ1) is 14.4. The van der Waals surface area contributed by atoms with Crippen LogP contribution in [0, 0.1) is 5.92 Å². The van der Waals surface area contributed by atoms with Crippen molar-refractivity contribution in [3.8, 4) is 0 Å². The van der Waals surface area contributed by atoms with E-state index < -0.39 is 11.8 Å². The molecule has 1 fully saturated rings. The summed E-state index contributed by atoms with van der Waals surface area (Å²) in [4.78, 5) is 11.8. The Kier molecular flexibility index (Phi) is 5.31. The van der Waals surface area contributed by atoms with Crippen LogP contribution >= 0.6 is 0 Å². The summed E-state index contributed by atoms with van der Waals surface area (Å²) in [5.74, 6) is -3.46. The van der Waals surface area contributed by atoms with Gasteiger partial charge in [-0.2, -0.15) is 0 Å². The molecule has 0 aromatic rings. The fourth-order valence-electron chi connectivity index (χ4n) is 2.19. The standard InChI is InChI=1S/C12H22F2N2O/c1-2-3-4-10(8-15)16-11(17)9-5-6-12(13,14)7-9/h9-10H,2-8,15H2,1H3,(H,16,17). The maximum absolute atomic E-state index is 13.0. The number of rotatable bonds is 6. The van der Waals surface area contributed by atoms with Crippen molar-refractivity contribution in [2.75, 3.05) is 6.54 Å². The number of carbonyl (C=O) groups is 1. The maximum atomic E-state index is 13.0. The molecular formula is C12H22F2N2O. The Morgan fingerprint density at radius 1 is 1.59 bits per heavy atom. The summed E-state index contributed by atoms with van der Waals surface area (Å²) >= 11 is 0. The summed E-state index contributed by atoms with van der Waals surface area (Å²) in [5.41, 5.74) is 5.55. The van der Waals surface area contributed by atoms with E-state index in [-0.39, 0.29) is 31.2 Å². The molecule has 100 valence electrons. The molecule has 0 aromatic carbocycles. The van der Waals surface area contributed by atoms with Crippen molar-refractivity contribution in [1.29, 1.82) is 0 Å². The minimum absolute atomic E-state index is 0.0725. The number of nitrogens with one attached hydrogen (secondary N) is 1. The molecule has 0 aromatic heterocycles. The second-order valence-electron chi connectivity index (χ2n) is 4.88. The second kappa shape index (κ2) is 6.28. The highest BCUT2D eigenvalue weighted by Gasteiger charge is 2.42. The highest BCUT2D eigenvalue weighted by molar-refractivity contribution is 5.79. The molecule has 0 aliphatic heterocycles. The van der Waals surface area contributed by atoms with Gasteiger partial charge in [0, 0.05) is 31.3 Å². The van der Waals surface area contributed by atoms with Crippen molar-refractivity contribution in [1.82, 2.24) is 5.32 Å². The molecule has 1 aliphatic carbocycles. The fraction of sp³-hybridized carbons (Fsp3) is 0.917. The fourth-order valence-corrected chi connectivity index (χ4v) is 2.19. The molecular weight excluding hydrogens is 226 g/mol. The van der Waals surface area contributed by atoms with Gasteiger partial charge in [-0.15, -0.1) is 0 Å². The molecule has 0 heterocycles. The predicted octanol–water partition coefficient (Wildman–Crippen LogP) is 2.06.